The molecule has 0 aromatic carbocycles. The molecule has 0 aromatic rings. The lowest BCUT2D eigenvalue weighted by molar-refractivity contribution is 0.994. The van der Waals surface area contributed by atoms with Crippen LogP contribution < -0.4 is 0 Å². The van der Waals surface area contributed by atoms with Gasteiger partial charge in [0, 0.05) is 23.0 Å². The van der Waals surface area contributed by atoms with Crippen molar-refractivity contribution >= 4 is 95.5 Å². The van der Waals surface area contributed by atoms with E-state index in [1.165, 1.54) is 23.0 Å². The Morgan fingerprint density at radius 2 is 1.31 bits per heavy atom. The molecule has 2 saturated heterocycles. The summed E-state index contributed by atoms with van der Waals surface area (Å²) in [4.78, 5) is -0.241. The maximum Gasteiger partial charge on any atom is 0.148 e. The molecule has 0 unspecified atom stereocenters. The van der Waals surface area contributed by atoms with Gasteiger partial charge >= 0.3 is 0 Å². The van der Waals surface area contributed by atoms with E-state index in [1.54, 1.807) is 23.5 Å². The van der Waals surface area contributed by atoms with Crippen LogP contribution in [-0.2, 0) is 0 Å². The Hall–Kier alpha value is 2.68. The summed E-state index contributed by atoms with van der Waals surface area (Å²) in [6.45, 7) is 2.10. The molecule has 2 rings (SSSR count). The molecule has 2 fully saturated rings. The topological polar surface area (TPSA) is 0 Å². The van der Waals surface area contributed by atoms with Crippen molar-refractivity contribution in [3.8, 4) is 0 Å². The lowest BCUT2D eigenvalue weighted by Gasteiger charge is -2.22. The number of alkyl halides is 2. The van der Waals surface area contributed by atoms with Gasteiger partial charge in [-0.15, -0.1) is 95.5 Å². The molecule has 16 heavy (non-hydrogen) atoms. The zero-order valence-corrected chi connectivity index (χ0v) is 15.3. The second kappa shape index (κ2) is 7.46. The molecule has 0 atom stereocenters. The van der Waals surface area contributed by atoms with E-state index in [4.69, 9.17) is 23.2 Å². The van der Waals surface area contributed by atoms with E-state index in [1.807, 2.05) is 23.5 Å². The summed E-state index contributed by atoms with van der Waals surface area (Å²) >= 11 is 27.3. The minimum atomic E-state index is -0.241. The summed E-state index contributed by atoms with van der Waals surface area (Å²) in [7, 11) is 0. The van der Waals surface area contributed by atoms with Gasteiger partial charge in [-0.05, 0) is 6.92 Å². The first-order chi connectivity index (χ1) is 7.36. The van der Waals surface area contributed by atoms with Crippen molar-refractivity contribution in [1.29, 1.82) is 0 Å². The molecule has 2 aliphatic rings. The maximum absolute atomic E-state index is 5.75. The van der Waals surface area contributed by atoms with Gasteiger partial charge in [0.25, 0.3) is 0 Å². The van der Waals surface area contributed by atoms with Gasteiger partial charge in [-0.1, -0.05) is 0 Å². The smallest absolute Gasteiger partial charge is 0.141 e. The van der Waals surface area contributed by atoms with Crippen molar-refractivity contribution in [3.63, 3.8) is 0 Å². The minimum absolute atomic E-state index is 0.0586. The molecule has 0 N–H and O–H groups in total. The fraction of sp³-hybridized carbons (Fsp3) is 1.00. The Labute approximate surface area is 136 Å². The van der Waals surface area contributed by atoms with E-state index in [0.29, 0.717) is 0 Å². The highest BCUT2D eigenvalue weighted by Gasteiger charge is 2.36. The highest BCUT2D eigenvalue weighted by molar-refractivity contribution is 8.42. The average Bonchev–Trinajstić information content (AvgIpc) is 2.76. The molecular weight excluding hydrogens is 359 g/mol. The van der Waals surface area contributed by atoms with Crippen LogP contribution in [0.15, 0.2) is 0 Å². The van der Waals surface area contributed by atoms with Gasteiger partial charge in [0.05, 0.1) is 4.08 Å². The quantitative estimate of drug-likeness (QED) is 0.380. The Morgan fingerprint density at radius 1 is 0.938 bits per heavy atom. The predicted molar refractivity (Wildman–Crippen MR) is 94.4 cm³/mol. The van der Waals surface area contributed by atoms with E-state index in [9.17, 15) is 0 Å². The molecule has 0 aromatic heterocycles. The number of thioether (sulfide) groups is 4. The SMILES string of the molecule is CC1(C(Cl)Cl)SCCS1.SC1(S)SCCS1. The summed E-state index contributed by atoms with van der Waals surface area (Å²) in [6.07, 6.45) is 0. The van der Waals surface area contributed by atoms with Crippen molar-refractivity contribution in [2.24, 2.45) is 0 Å². The van der Waals surface area contributed by atoms with Crippen LogP contribution in [0.4, 0.5) is 0 Å². The number of thiol groups is 2. The van der Waals surface area contributed by atoms with Gasteiger partial charge in [0.1, 0.15) is 7.58 Å². The van der Waals surface area contributed by atoms with E-state index in [0.717, 1.165) is 0 Å². The maximum atomic E-state index is 5.75. The molecule has 96 valence electrons. The highest BCUT2D eigenvalue weighted by Crippen LogP contribution is 2.49. The van der Waals surface area contributed by atoms with E-state index >= 15 is 0 Å². The van der Waals surface area contributed by atoms with Crippen LogP contribution in [0.2, 0.25) is 0 Å². The van der Waals surface area contributed by atoms with Crippen LogP contribution in [0, 0.1) is 0 Å². The van der Waals surface area contributed by atoms with Gasteiger partial charge in [-0.3, -0.25) is 0 Å². The first-order valence-electron chi connectivity index (χ1n) is 4.64. The van der Waals surface area contributed by atoms with Gasteiger partial charge in [-0.25, -0.2) is 0 Å². The van der Waals surface area contributed by atoms with Crippen molar-refractivity contribution < 1.29 is 0 Å². The zero-order chi connectivity index (χ0) is 12.2. The summed E-state index contributed by atoms with van der Waals surface area (Å²) in [5.41, 5.74) is 0. The van der Waals surface area contributed by atoms with Crippen molar-refractivity contribution in [2.45, 2.75) is 18.6 Å². The standard InChI is InChI=1S/C5H8Cl2S2.C3H6S4/c1-5(4(6)7)8-2-3-9-5;4-3(5)6-1-2-7-3/h4H,2-3H2,1H3;4-5H,1-2H2. The fourth-order valence-electron chi connectivity index (χ4n) is 1.05. The van der Waals surface area contributed by atoms with E-state index in [2.05, 4.69) is 32.2 Å². The molecule has 2 aliphatic heterocycles. The zero-order valence-electron chi connectivity index (χ0n) is 8.69. The summed E-state index contributed by atoms with van der Waals surface area (Å²) < 4.78 is -0.0247. The predicted octanol–water partition coefficient (Wildman–Crippen LogP) is 4.92. The van der Waals surface area contributed by atoms with Crippen molar-refractivity contribution in [1.82, 2.24) is 0 Å². The molecule has 0 amide bonds. The molecule has 2 heterocycles. The Morgan fingerprint density at radius 3 is 1.50 bits per heavy atom. The highest BCUT2D eigenvalue weighted by atomic mass is 35.5. The van der Waals surface area contributed by atoms with Crippen molar-refractivity contribution in [2.75, 3.05) is 23.0 Å². The number of halogens is 2. The summed E-state index contributed by atoms with van der Waals surface area (Å²) in [5.74, 6) is 4.74. The molecule has 0 bridgehead atoms. The first kappa shape index (κ1) is 16.7. The molecule has 0 radical (unpaired) electrons. The number of hydrogen-bond acceptors (Lipinski definition) is 6. The largest absolute Gasteiger partial charge is 0.148 e. The Kier molecular flexibility index (Phi) is 7.80. The molecule has 8 heteroatoms. The van der Waals surface area contributed by atoms with Crippen molar-refractivity contribution in [3.05, 3.63) is 0 Å². The average molecular weight is 374 g/mol. The summed E-state index contributed by atoms with van der Waals surface area (Å²) in [6, 6.07) is 0. The van der Waals surface area contributed by atoms with Crippen LogP contribution in [0.5, 0.6) is 0 Å². The van der Waals surface area contributed by atoms with Crippen LogP contribution in [0.1, 0.15) is 6.92 Å². The van der Waals surface area contributed by atoms with E-state index < -0.39 is 0 Å². The van der Waals surface area contributed by atoms with Gasteiger partial charge in [0.15, 0.2) is 0 Å². The molecular formula is C8H14Cl2S6. The lowest BCUT2D eigenvalue weighted by Crippen LogP contribution is -2.20. The van der Waals surface area contributed by atoms with E-state index in [-0.39, 0.29) is 11.7 Å². The number of hydrogen-bond donors (Lipinski definition) is 2. The molecule has 0 spiro atoms. The third-order valence-corrected chi connectivity index (χ3v) is 10.8. The van der Waals surface area contributed by atoms with Crippen LogP contribution in [0.3, 0.4) is 0 Å². The third-order valence-electron chi connectivity index (χ3n) is 1.92. The van der Waals surface area contributed by atoms with Crippen LogP contribution >= 0.6 is 95.5 Å². The van der Waals surface area contributed by atoms with Gasteiger partial charge < -0.3 is 0 Å². The lowest BCUT2D eigenvalue weighted by atomic mass is 10.5. The Balaban J connectivity index is 0.000000165. The normalized spacial score (nSPS) is 26.6. The van der Waals surface area contributed by atoms with Gasteiger partial charge in [-0.2, -0.15) is 0 Å². The minimum Gasteiger partial charge on any atom is -0.141 e. The number of rotatable bonds is 1. The monoisotopic (exact) mass is 372 g/mol. The summed E-state index contributed by atoms with van der Waals surface area (Å²) in [5, 5.41) is 0. The molecule has 0 aliphatic carbocycles. The van der Waals surface area contributed by atoms with Gasteiger partial charge in [0.2, 0.25) is 0 Å². The first-order valence-corrected chi connectivity index (χ1v) is 10.4. The molecule has 0 nitrogen and oxygen atoms in total. The van der Waals surface area contributed by atoms with Crippen LogP contribution in [-0.4, -0.2) is 34.7 Å². The second-order valence-electron chi connectivity index (χ2n) is 3.26. The third kappa shape index (κ3) is 5.76. The molecule has 0 saturated carbocycles. The van der Waals surface area contributed by atoms with Crippen LogP contribution in [0.25, 0.3) is 0 Å². The second-order valence-corrected chi connectivity index (χ2v) is 13.5. The fourth-order valence-corrected chi connectivity index (χ4v) is 7.49. The Bertz CT molecular complexity index is 209.